The Hall–Kier alpha value is -1.47. The number of halogens is 1. The second kappa shape index (κ2) is 5.87. The molecule has 2 aliphatic heterocycles. The first-order chi connectivity index (χ1) is 10.8. The standard InChI is InChI=1S/C16H21FN2O3S/c1-10-3-4-11(7-15(10)17)16(20)18-12-8-13-5-6-14(9-12)19(13)23(2,21)22/h3-4,7,12-14H,5-6,8-9H2,1-2H3,(H,18,20). The van der Waals surface area contributed by atoms with Crippen molar-refractivity contribution in [1.82, 2.24) is 9.62 Å². The third-order valence-electron chi connectivity index (χ3n) is 4.82. The lowest BCUT2D eigenvalue weighted by Crippen LogP contribution is -2.52. The zero-order valence-corrected chi connectivity index (χ0v) is 14.1. The van der Waals surface area contributed by atoms with E-state index in [1.165, 1.54) is 12.3 Å². The number of nitrogens with zero attached hydrogens (tertiary/aromatic N) is 1. The van der Waals surface area contributed by atoms with Crippen molar-refractivity contribution in [3.8, 4) is 0 Å². The number of rotatable bonds is 3. The molecule has 5 nitrogen and oxygen atoms in total. The molecule has 2 unspecified atom stereocenters. The van der Waals surface area contributed by atoms with E-state index < -0.39 is 15.8 Å². The molecule has 2 aliphatic rings. The molecule has 0 aliphatic carbocycles. The van der Waals surface area contributed by atoms with Crippen molar-refractivity contribution in [2.45, 2.75) is 50.7 Å². The normalized spacial score (nSPS) is 27.9. The minimum Gasteiger partial charge on any atom is -0.349 e. The van der Waals surface area contributed by atoms with Gasteiger partial charge in [0.1, 0.15) is 5.82 Å². The summed E-state index contributed by atoms with van der Waals surface area (Å²) in [6, 6.07) is 4.29. The largest absolute Gasteiger partial charge is 0.349 e. The molecule has 2 saturated heterocycles. The Morgan fingerprint density at radius 3 is 2.39 bits per heavy atom. The van der Waals surface area contributed by atoms with E-state index in [0.717, 1.165) is 12.8 Å². The summed E-state index contributed by atoms with van der Waals surface area (Å²) in [4.78, 5) is 12.3. The fourth-order valence-electron chi connectivity index (χ4n) is 3.80. The third-order valence-corrected chi connectivity index (χ3v) is 6.18. The van der Waals surface area contributed by atoms with Gasteiger partial charge in [0.15, 0.2) is 0 Å². The Bertz CT molecular complexity index is 721. The average Bonchev–Trinajstić information content (AvgIpc) is 2.74. The number of aryl methyl sites for hydroxylation is 1. The van der Waals surface area contributed by atoms with Crippen LogP contribution in [0.5, 0.6) is 0 Å². The molecule has 126 valence electrons. The van der Waals surface area contributed by atoms with Gasteiger partial charge in [-0.15, -0.1) is 0 Å². The maximum Gasteiger partial charge on any atom is 0.251 e. The molecule has 1 aromatic carbocycles. The van der Waals surface area contributed by atoms with Crippen molar-refractivity contribution in [1.29, 1.82) is 0 Å². The Labute approximate surface area is 135 Å². The van der Waals surface area contributed by atoms with Gasteiger partial charge in [-0.25, -0.2) is 12.8 Å². The number of nitrogens with one attached hydrogen (secondary N) is 1. The average molecular weight is 340 g/mol. The van der Waals surface area contributed by atoms with Crippen LogP contribution in [0.4, 0.5) is 4.39 Å². The maximum atomic E-state index is 13.6. The molecule has 0 aromatic heterocycles. The molecular formula is C16H21FN2O3S. The highest BCUT2D eigenvalue weighted by Crippen LogP contribution is 2.37. The molecule has 2 bridgehead atoms. The number of carbonyl (C=O) groups excluding carboxylic acids is 1. The van der Waals surface area contributed by atoms with Crippen molar-refractivity contribution in [2.24, 2.45) is 0 Å². The van der Waals surface area contributed by atoms with Crippen LogP contribution in [0, 0.1) is 12.7 Å². The molecule has 2 heterocycles. The van der Waals surface area contributed by atoms with Crippen molar-refractivity contribution < 1.29 is 17.6 Å². The van der Waals surface area contributed by atoms with Gasteiger partial charge in [-0.2, -0.15) is 4.31 Å². The van der Waals surface area contributed by atoms with Crippen molar-refractivity contribution in [2.75, 3.05) is 6.26 Å². The van der Waals surface area contributed by atoms with E-state index in [2.05, 4.69) is 5.32 Å². The monoisotopic (exact) mass is 340 g/mol. The second-order valence-corrected chi connectivity index (χ2v) is 8.47. The van der Waals surface area contributed by atoms with E-state index >= 15 is 0 Å². The van der Waals surface area contributed by atoms with Crippen LogP contribution in [0.1, 0.15) is 41.6 Å². The van der Waals surface area contributed by atoms with E-state index in [-0.39, 0.29) is 24.0 Å². The van der Waals surface area contributed by atoms with Gasteiger partial charge in [-0.1, -0.05) is 6.07 Å². The summed E-state index contributed by atoms with van der Waals surface area (Å²) in [6.07, 6.45) is 4.14. The summed E-state index contributed by atoms with van der Waals surface area (Å²) in [7, 11) is -3.21. The van der Waals surface area contributed by atoms with Gasteiger partial charge in [0.2, 0.25) is 10.0 Å². The molecule has 0 spiro atoms. The van der Waals surface area contributed by atoms with Gasteiger partial charge in [0.25, 0.3) is 5.91 Å². The number of benzene rings is 1. The summed E-state index contributed by atoms with van der Waals surface area (Å²) in [6.45, 7) is 1.65. The maximum absolute atomic E-state index is 13.6. The topological polar surface area (TPSA) is 66.5 Å². The Kier molecular flexibility index (Phi) is 4.18. The van der Waals surface area contributed by atoms with Gasteiger partial charge >= 0.3 is 0 Å². The quantitative estimate of drug-likeness (QED) is 0.913. The molecule has 7 heteroatoms. The van der Waals surface area contributed by atoms with Crippen LogP contribution in [0.2, 0.25) is 0 Å². The van der Waals surface area contributed by atoms with Gasteiger partial charge in [0.05, 0.1) is 6.26 Å². The van der Waals surface area contributed by atoms with E-state index in [1.807, 2.05) is 0 Å². The highest BCUT2D eigenvalue weighted by atomic mass is 32.2. The summed E-state index contributed by atoms with van der Waals surface area (Å²) in [5, 5.41) is 2.93. The summed E-state index contributed by atoms with van der Waals surface area (Å²) in [5.74, 6) is -0.703. The Morgan fingerprint density at radius 1 is 1.26 bits per heavy atom. The highest BCUT2D eigenvalue weighted by molar-refractivity contribution is 7.88. The lowest BCUT2D eigenvalue weighted by molar-refractivity contribution is 0.0909. The Balaban J connectivity index is 1.69. The summed E-state index contributed by atoms with van der Waals surface area (Å²) in [5.41, 5.74) is 0.798. The number of amides is 1. The van der Waals surface area contributed by atoms with Crippen LogP contribution < -0.4 is 5.32 Å². The molecule has 1 N–H and O–H groups in total. The van der Waals surface area contributed by atoms with E-state index in [1.54, 1.807) is 23.4 Å². The zero-order valence-electron chi connectivity index (χ0n) is 13.3. The fraction of sp³-hybridized carbons (Fsp3) is 0.562. The van der Waals surface area contributed by atoms with Crippen LogP contribution in [-0.2, 0) is 10.0 Å². The van der Waals surface area contributed by atoms with Crippen LogP contribution in [-0.4, -0.2) is 43.0 Å². The Morgan fingerprint density at radius 2 is 1.87 bits per heavy atom. The minimum absolute atomic E-state index is 0.0381. The summed E-state index contributed by atoms with van der Waals surface area (Å²) >= 11 is 0. The molecular weight excluding hydrogens is 319 g/mol. The molecule has 3 rings (SSSR count). The molecule has 2 atom stereocenters. The van der Waals surface area contributed by atoms with Gasteiger partial charge < -0.3 is 5.32 Å². The van der Waals surface area contributed by atoms with Gasteiger partial charge in [-0.3, -0.25) is 4.79 Å². The highest BCUT2D eigenvalue weighted by Gasteiger charge is 2.45. The SMILES string of the molecule is Cc1ccc(C(=O)NC2CC3CCC(C2)N3S(C)(=O)=O)cc1F. The molecule has 0 radical (unpaired) electrons. The van der Waals surface area contributed by atoms with Crippen molar-refractivity contribution in [3.05, 3.63) is 35.1 Å². The van der Waals surface area contributed by atoms with E-state index in [9.17, 15) is 17.6 Å². The van der Waals surface area contributed by atoms with Crippen LogP contribution in [0.3, 0.4) is 0 Å². The lowest BCUT2D eigenvalue weighted by atomic mass is 9.99. The predicted octanol–water partition coefficient (Wildman–Crippen LogP) is 1.82. The number of fused-ring (bicyclic) bond motifs is 2. The third kappa shape index (κ3) is 3.26. The zero-order chi connectivity index (χ0) is 16.8. The first-order valence-electron chi connectivity index (χ1n) is 7.81. The molecule has 1 aromatic rings. The first kappa shape index (κ1) is 16.4. The van der Waals surface area contributed by atoms with E-state index in [4.69, 9.17) is 0 Å². The van der Waals surface area contributed by atoms with E-state index in [0.29, 0.717) is 24.0 Å². The molecule has 2 fully saturated rings. The number of piperidine rings is 1. The number of hydrogen-bond acceptors (Lipinski definition) is 3. The summed E-state index contributed by atoms with van der Waals surface area (Å²) < 4.78 is 38.9. The number of sulfonamides is 1. The fourth-order valence-corrected chi connectivity index (χ4v) is 5.26. The smallest absolute Gasteiger partial charge is 0.251 e. The first-order valence-corrected chi connectivity index (χ1v) is 9.66. The van der Waals surface area contributed by atoms with Crippen LogP contribution in [0.25, 0.3) is 0 Å². The van der Waals surface area contributed by atoms with Gasteiger partial charge in [0, 0.05) is 23.7 Å². The van der Waals surface area contributed by atoms with Gasteiger partial charge in [-0.05, 0) is 50.3 Å². The van der Waals surface area contributed by atoms with Crippen LogP contribution >= 0.6 is 0 Å². The lowest BCUT2D eigenvalue weighted by Gasteiger charge is -2.37. The van der Waals surface area contributed by atoms with Crippen molar-refractivity contribution >= 4 is 15.9 Å². The molecule has 1 amide bonds. The number of carbonyl (C=O) groups is 1. The molecule has 23 heavy (non-hydrogen) atoms. The molecule has 0 saturated carbocycles. The van der Waals surface area contributed by atoms with Crippen LogP contribution in [0.15, 0.2) is 18.2 Å². The predicted molar refractivity (Wildman–Crippen MR) is 85.1 cm³/mol. The van der Waals surface area contributed by atoms with Crippen molar-refractivity contribution in [3.63, 3.8) is 0 Å². The minimum atomic E-state index is -3.21. The number of hydrogen-bond donors (Lipinski definition) is 1. The second-order valence-electron chi connectivity index (χ2n) is 6.58.